The minimum Gasteiger partial charge on any atom is -0.497 e. The maximum absolute atomic E-state index is 5.26. The molecular formula is C21H16N4O. The highest BCUT2D eigenvalue weighted by Crippen LogP contribution is 2.30. The molecule has 5 rings (SSSR count). The van der Waals surface area contributed by atoms with Gasteiger partial charge in [0.1, 0.15) is 17.3 Å². The number of para-hydroxylation sites is 2. The number of fused-ring (bicyclic) bond motifs is 2. The molecule has 0 saturated heterocycles. The number of nitrogens with zero attached hydrogens (tertiary/aromatic N) is 3. The van der Waals surface area contributed by atoms with Crippen molar-refractivity contribution in [1.29, 1.82) is 0 Å². The van der Waals surface area contributed by atoms with E-state index in [1.807, 2.05) is 66.9 Å². The smallest absolute Gasteiger partial charge is 0.159 e. The molecule has 126 valence electrons. The first-order valence-electron chi connectivity index (χ1n) is 8.40. The Hall–Kier alpha value is -3.60. The topological polar surface area (TPSA) is 55.2 Å². The molecule has 3 heterocycles. The van der Waals surface area contributed by atoms with E-state index in [9.17, 15) is 0 Å². The van der Waals surface area contributed by atoms with Crippen molar-refractivity contribution in [2.75, 3.05) is 7.11 Å². The lowest BCUT2D eigenvalue weighted by molar-refractivity contribution is 0.415. The number of methoxy groups -OCH3 is 1. The third-order valence-electron chi connectivity index (χ3n) is 4.51. The van der Waals surface area contributed by atoms with Crippen LogP contribution in [0.1, 0.15) is 0 Å². The summed E-state index contributed by atoms with van der Waals surface area (Å²) in [6, 6.07) is 22.0. The van der Waals surface area contributed by atoms with E-state index in [0.29, 0.717) is 0 Å². The van der Waals surface area contributed by atoms with Crippen molar-refractivity contribution in [2.45, 2.75) is 0 Å². The van der Waals surface area contributed by atoms with Gasteiger partial charge in [-0.1, -0.05) is 18.2 Å². The molecule has 0 bridgehead atoms. The van der Waals surface area contributed by atoms with Gasteiger partial charge in [-0.3, -0.25) is 4.40 Å². The van der Waals surface area contributed by atoms with Crippen LogP contribution < -0.4 is 4.74 Å². The number of pyridine rings is 1. The van der Waals surface area contributed by atoms with Gasteiger partial charge < -0.3 is 9.72 Å². The van der Waals surface area contributed by atoms with E-state index >= 15 is 0 Å². The van der Waals surface area contributed by atoms with Gasteiger partial charge >= 0.3 is 0 Å². The fourth-order valence-corrected chi connectivity index (χ4v) is 3.22. The summed E-state index contributed by atoms with van der Waals surface area (Å²) in [5.41, 5.74) is 4.82. The predicted octanol–water partition coefficient (Wildman–Crippen LogP) is 4.55. The minimum absolute atomic E-state index is 0.773. The highest BCUT2D eigenvalue weighted by atomic mass is 16.5. The van der Waals surface area contributed by atoms with Crippen molar-refractivity contribution < 1.29 is 4.74 Å². The van der Waals surface area contributed by atoms with Gasteiger partial charge in [-0.15, -0.1) is 0 Å². The fraction of sp³-hybridized carbons (Fsp3) is 0.0476. The molecule has 0 amide bonds. The summed E-state index contributed by atoms with van der Waals surface area (Å²) in [6.45, 7) is 0. The van der Waals surface area contributed by atoms with Crippen LogP contribution in [0.2, 0.25) is 0 Å². The van der Waals surface area contributed by atoms with Crippen LogP contribution in [0.25, 0.3) is 39.5 Å². The normalized spacial score (nSPS) is 11.3. The predicted molar refractivity (Wildman–Crippen MR) is 102 cm³/mol. The molecule has 0 atom stereocenters. The monoisotopic (exact) mass is 340 g/mol. The van der Waals surface area contributed by atoms with Crippen molar-refractivity contribution >= 4 is 16.6 Å². The van der Waals surface area contributed by atoms with Crippen molar-refractivity contribution in [3.8, 4) is 28.7 Å². The van der Waals surface area contributed by atoms with Gasteiger partial charge in [0.25, 0.3) is 0 Å². The molecule has 2 aromatic carbocycles. The number of aromatic amines is 1. The summed E-state index contributed by atoms with van der Waals surface area (Å²) in [5.74, 6) is 2.47. The van der Waals surface area contributed by atoms with Gasteiger partial charge in [-0.2, -0.15) is 0 Å². The van der Waals surface area contributed by atoms with Crippen LogP contribution in [0.3, 0.4) is 0 Å². The van der Waals surface area contributed by atoms with Crippen molar-refractivity contribution in [3.05, 3.63) is 72.9 Å². The van der Waals surface area contributed by atoms with Crippen LogP contribution in [-0.2, 0) is 0 Å². The number of aromatic nitrogens is 4. The summed E-state index contributed by atoms with van der Waals surface area (Å²) < 4.78 is 7.35. The molecule has 3 aromatic heterocycles. The zero-order chi connectivity index (χ0) is 17.5. The summed E-state index contributed by atoms with van der Waals surface area (Å²) in [7, 11) is 1.67. The second-order valence-corrected chi connectivity index (χ2v) is 6.07. The van der Waals surface area contributed by atoms with E-state index in [1.165, 1.54) is 0 Å². The molecule has 1 N–H and O–H groups in total. The van der Waals surface area contributed by atoms with Crippen LogP contribution in [-0.4, -0.2) is 26.5 Å². The Balaban J connectivity index is 1.73. The number of imidazole rings is 2. The van der Waals surface area contributed by atoms with Crippen LogP contribution in [0.5, 0.6) is 5.75 Å². The molecule has 5 aromatic rings. The van der Waals surface area contributed by atoms with Crippen LogP contribution in [0, 0.1) is 0 Å². The summed E-state index contributed by atoms with van der Waals surface area (Å²) in [4.78, 5) is 13.0. The summed E-state index contributed by atoms with van der Waals surface area (Å²) in [6.07, 6.45) is 2.02. The lowest BCUT2D eigenvalue weighted by atomic mass is 10.2. The molecule has 26 heavy (non-hydrogen) atoms. The fourth-order valence-electron chi connectivity index (χ4n) is 3.22. The van der Waals surface area contributed by atoms with Crippen molar-refractivity contribution in [2.24, 2.45) is 0 Å². The number of hydrogen-bond acceptors (Lipinski definition) is 3. The highest BCUT2D eigenvalue weighted by molar-refractivity contribution is 5.84. The molecule has 5 nitrogen and oxygen atoms in total. The van der Waals surface area contributed by atoms with Gasteiger partial charge in [0.2, 0.25) is 0 Å². The Labute approximate surface area is 149 Å². The molecule has 0 fully saturated rings. The quantitative estimate of drug-likeness (QED) is 0.524. The van der Waals surface area contributed by atoms with E-state index in [0.717, 1.165) is 45.2 Å². The van der Waals surface area contributed by atoms with E-state index in [4.69, 9.17) is 14.7 Å². The molecule has 0 saturated carbocycles. The van der Waals surface area contributed by atoms with Gasteiger partial charge in [0, 0.05) is 11.8 Å². The molecule has 0 unspecified atom stereocenters. The molecular weight excluding hydrogens is 324 g/mol. The average molecular weight is 340 g/mol. The Bertz CT molecular complexity index is 1180. The van der Waals surface area contributed by atoms with Gasteiger partial charge in [0.15, 0.2) is 5.82 Å². The molecule has 0 spiro atoms. The van der Waals surface area contributed by atoms with E-state index in [2.05, 4.69) is 15.5 Å². The van der Waals surface area contributed by atoms with Crippen molar-refractivity contribution in [1.82, 2.24) is 19.4 Å². The SMILES string of the molecule is COc1ccc(-c2nc(-c3nc4ccccc4[nH]3)c3ccccn23)cc1. The zero-order valence-electron chi connectivity index (χ0n) is 14.2. The lowest BCUT2D eigenvalue weighted by Crippen LogP contribution is -1.89. The molecule has 0 aliphatic rings. The first kappa shape index (κ1) is 14.7. The standard InChI is InChI=1S/C21H16N4O/c1-26-15-11-9-14(10-12-15)21-24-19(18-8-4-5-13-25(18)21)20-22-16-6-2-3-7-17(16)23-20/h2-13H,1H3,(H,22,23). The Morgan fingerprint density at radius 1 is 0.885 bits per heavy atom. The lowest BCUT2D eigenvalue weighted by Gasteiger charge is -2.03. The molecule has 0 aliphatic heterocycles. The van der Waals surface area contributed by atoms with Crippen molar-refractivity contribution in [3.63, 3.8) is 0 Å². The summed E-state index contributed by atoms with van der Waals surface area (Å²) >= 11 is 0. The third-order valence-corrected chi connectivity index (χ3v) is 4.51. The van der Waals surface area contributed by atoms with Gasteiger partial charge in [-0.25, -0.2) is 9.97 Å². The van der Waals surface area contributed by atoms with Crippen LogP contribution in [0.4, 0.5) is 0 Å². The molecule has 0 radical (unpaired) electrons. The number of H-pyrrole nitrogens is 1. The van der Waals surface area contributed by atoms with Crippen LogP contribution >= 0.6 is 0 Å². The average Bonchev–Trinajstić information content (AvgIpc) is 3.29. The highest BCUT2D eigenvalue weighted by Gasteiger charge is 2.16. The molecule has 5 heteroatoms. The van der Waals surface area contributed by atoms with E-state index < -0.39 is 0 Å². The number of ether oxygens (including phenoxy) is 1. The Kier molecular flexibility index (Phi) is 3.25. The Morgan fingerprint density at radius 2 is 1.69 bits per heavy atom. The number of rotatable bonds is 3. The third kappa shape index (κ3) is 2.25. The molecule has 0 aliphatic carbocycles. The van der Waals surface area contributed by atoms with Crippen LogP contribution in [0.15, 0.2) is 72.9 Å². The van der Waals surface area contributed by atoms with E-state index in [1.54, 1.807) is 7.11 Å². The first-order valence-corrected chi connectivity index (χ1v) is 8.40. The van der Waals surface area contributed by atoms with E-state index in [-0.39, 0.29) is 0 Å². The second-order valence-electron chi connectivity index (χ2n) is 6.07. The summed E-state index contributed by atoms with van der Waals surface area (Å²) in [5, 5.41) is 0. The number of hydrogen-bond donors (Lipinski definition) is 1. The maximum Gasteiger partial charge on any atom is 0.159 e. The minimum atomic E-state index is 0.773. The number of nitrogens with one attached hydrogen (secondary N) is 1. The number of benzene rings is 2. The first-order chi connectivity index (χ1) is 12.8. The largest absolute Gasteiger partial charge is 0.497 e. The maximum atomic E-state index is 5.26. The second kappa shape index (κ2) is 5.74. The van der Waals surface area contributed by atoms with Gasteiger partial charge in [-0.05, 0) is 48.5 Å². The Morgan fingerprint density at radius 3 is 2.50 bits per heavy atom. The van der Waals surface area contributed by atoms with Gasteiger partial charge in [0.05, 0.1) is 23.7 Å². The zero-order valence-corrected chi connectivity index (χ0v) is 14.2.